The molecule has 0 heterocycles. The van der Waals surface area contributed by atoms with E-state index in [9.17, 15) is 19.8 Å². The van der Waals surface area contributed by atoms with E-state index in [1.54, 1.807) is 14.2 Å². The molecule has 5 rings (SSSR count). The van der Waals surface area contributed by atoms with Crippen LogP contribution in [0, 0.1) is 0 Å². The highest BCUT2D eigenvalue weighted by Gasteiger charge is 2.21. The molecule has 1 aliphatic rings. The summed E-state index contributed by atoms with van der Waals surface area (Å²) in [5, 5.41) is 18.8. The Hall–Kier alpha value is -4.98. The molecule has 0 unspecified atom stereocenters. The lowest BCUT2D eigenvalue weighted by molar-refractivity contribution is -0.140. The van der Waals surface area contributed by atoms with E-state index in [1.165, 1.54) is 0 Å². The molecule has 0 saturated heterocycles. The summed E-state index contributed by atoms with van der Waals surface area (Å²) in [6.45, 7) is -0.932. The van der Waals surface area contributed by atoms with Crippen molar-refractivity contribution >= 4 is 11.9 Å². The third-order valence-electron chi connectivity index (χ3n) is 7.32. The zero-order chi connectivity index (χ0) is 29.6. The van der Waals surface area contributed by atoms with E-state index < -0.39 is 25.2 Å². The Morgan fingerprint density at radius 3 is 0.952 bits per heavy atom. The van der Waals surface area contributed by atoms with E-state index in [2.05, 4.69) is 0 Å². The number of methoxy groups -OCH3 is 2. The Labute approximate surface area is 244 Å². The van der Waals surface area contributed by atoms with Gasteiger partial charge >= 0.3 is 11.9 Å². The molecule has 8 heteroatoms. The number of fused-ring (bicyclic) bond motifs is 8. The molecule has 0 aromatic heterocycles. The number of aliphatic carboxylic acids is 2. The van der Waals surface area contributed by atoms with E-state index in [0.29, 0.717) is 48.7 Å². The predicted molar refractivity (Wildman–Crippen MR) is 156 cm³/mol. The van der Waals surface area contributed by atoms with Gasteiger partial charge in [-0.2, -0.15) is 0 Å². The van der Waals surface area contributed by atoms with Gasteiger partial charge in [-0.3, -0.25) is 0 Å². The molecule has 0 atom stereocenters. The minimum Gasteiger partial charge on any atom is -0.496 e. The van der Waals surface area contributed by atoms with Crippen molar-refractivity contribution in [3.63, 3.8) is 0 Å². The van der Waals surface area contributed by atoms with E-state index in [1.807, 2.05) is 72.8 Å². The first-order valence-corrected chi connectivity index (χ1v) is 13.6. The van der Waals surface area contributed by atoms with Gasteiger partial charge in [-0.05, 0) is 44.5 Å². The summed E-state index contributed by atoms with van der Waals surface area (Å²) in [6.07, 6.45) is 1.78. The van der Waals surface area contributed by atoms with Crippen LogP contribution in [0.25, 0.3) is 0 Å². The van der Waals surface area contributed by atoms with Gasteiger partial charge in [0, 0.05) is 25.7 Å². The third kappa shape index (κ3) is 6.17. The SMILES string of the molecule is COc1c2cccc1Cc1cccc(c1OCC(=O)O)Cc1cccc(c1OC)Cc1cccc(c1OCC(=O)O)C2. The minimum atomic E-state index is -1.06. The molecule has 2 N–H and O–H groups in total. The maximum Gasteiger partial charge on any atom is 0.341 e. The first-order chi connectivity index (χ1) is 20.4. The van der Waals surface area contributed by atoms with Crippen LogP contribution < -0.4 is 18.9 Å². The lowest BCUT2D eigenvalue weighted by Gasteiger charge is -2.21. The quantitative estimate of drug-likeness (QED) is 0.259. The fraction of sp³-hybridized carbons (Fsp3) is 0.235. The molecule has 0 aliphatic heterocycles. The zero-order valence-electron chi connectivity index (χ0n) is 23.5. The molecule has 8 nitrogen and oxygen atoms in total. The van der Waals surface area contributed by atoms with Crippen molar-refractivity contribution < 1.29 is 38.7 Å². The molecule has 0 radical (unpaired) electrons. The number of ether oxygens (including phenoxy) is 4. The number of carbonyl (C=O) groups is 2. The normalized spacial score (nSPS) is 12.2. The fourth-order valence-corrected chi connectivity index (χ4v) is 5.65. The van der Waals surface area contributed by atoms with Gasteiger partial charge in [0.05, 0.1) is 14.2 Å². The third-order valence-corrected chi connectivity index (χ3v) is 7.32. The van der Waals surface area contributed by atoms with Crippen LogP contribution in [0.4, 0.5) is 0 Å². The van der Waals surface area contributed by atoms with Crippen LogP contribution in [0.5, 0.6) is 23.0 Å². The van der Waals surface area contributed by atoms with E-state index >= 15 is 0 Å². The average molecular weight is 569 g/mol. The van der Waals surface area contributed by atoms with Crippen LogP contribution in [0.1, 0.15) is 44.5 Å². The second-order valence-corrected chi connectivity index (χ2v) is 10.1. The summed E-state index contributed by atoms with van der Waals surface area (Å²) in [7, 11) is 3.24. The van der Waals surface area contributed by atoms with Crippen molar-refractivity contribution in [2.75, 3.05) is 27.4 Å². The number of para-hydroxylation sites is 4. The van der Waals surface area contributed by atoms with Gasteiger partial charge in [0.2, 0.25) is 0 Å². The van der Waals surface area contributed by atoms with Crippen LogP contribution >= 0.6 is 0 Å². The van der Waals surface area contributed by atoms with Crippen molar-refractivity contribution in [2.24, 2.45) is 0 Å². The highest BCUT2D eigenvalue weighted by molar-refractivity contribution is 5.69. The van der Waals surface area contributed by atoms with Crippen molar-refractivity contribution in [1.29, 1.82) is 0 Å². The summed E-state index contributed by atoms with van der Waals surface area (Å²) < 4.78 is 23.7. The Morgan fingerprint density at radius 2 is 0.738 bits per heavy atom. The molecule has 8 bridgehead atoms. The maximum absolute atomic E-state index is 11.5. The van der Waals surface area contributed by atoms with Crippen molar-refractivity contribution in [3.8, 4) is 23.0 Å². The Balaban J connectivity index is 1.73. The van der Waals surface area contributed by atoms with Crippen LogP contribution in [-0.4, -0.2) is 49.6 Å². The summed E-state index contributed by atoms with van der Waals surface area (Å²) >= 11 is 0. The van der Waals surface area contributed by atoms with Crippen LogP contribution in [-0.2, 0) is 35.3 Å². The van der Waals surface area contributed by atoms with E-state index in [0.717, 1.165) is 44.5 Å². The molecule has 0 saturated carbocycles. The highest BCUT2D eigenvalue weighted by Crippen LogP contribution is 2.38. The number of rotatable bonds is 8. The first-order valence-electron chi connectivity index (χ1n) is 13.6. The Morgan fingerprint density at radius 1 is 0.500 bits per heavy atom. The summed E-state index contributed by atoms with van der Waals surface area (Å²) in [5.41, 5.74) is 6.95. The molecule has 4 aromatic rings. The van der Waals surface area contributed by atoms with Crippen molar-refractivity contribution in [3.05, 3.63) is 117 Å². The molecule has 1 aliphatic carbocycles. The topological polar surface area (TPSA) is 112 Å². The second-order valence-electron chi connectivity index (χ2n) is 10.1. The van der Waals surface area contributed by atoms with Gasteiger partial charge in [-0.15, -0.1) is 0 Å². The van der Waals surface area contributed by atoms with Crippen LogP contribution in [0.2, 0.25) is 0 Å². The smallest absolute Gasteiger partial charge is 0.341 e. The largest absolute Gasteiger partial charge is 0.496 e. The van der Waals surface area contributed by atoms with Gasteiger partial charge in [0.1, 0.15) is 23.0 Å². The summed E-state index contributed by atoms with van der Waals surface area (Å²) in [6, 6.07) is 23.5. The fourth-order valence-electron chi connectivity index (χ4n) is 5.65. The van der Waals surface area contributed by atoms with E-state index in [-0.39, 0.29) is 0 Å². The van der Waals surface area contributed by atoms with Crippen LogP contribution in [0.3, 0.4) is 0 Å². The molecular weight excluding hydrogens is 536 g/mol. The number of hydrogen-bond donors (Lipinski definition) is 2. The minimum absolute atomic E-state index is 0.444. The second kappa shape index (κ2) is 12.7. The molecular formula is C34H32O8. The lowest BCUT2D eigenvalue weighted by Crippen LogP contribution is -2.13. The van der Waals surface area contributed by atoms with Gasteiger partial charge in [0.15, 0.2) is 13.2 Å². The monoisotopic (exact) mass is 568 g/mol. The Kier molecular flexibility index (Phi) is 8.62. The molecule has 4 aromatic carbocycles. The molecule has 0 spiro atoms. The van der Waals surface area contributed by atoms with Crippen LogP contribution in [0.15, 0.2) is 72.8 Å². The van der Waals surface area contributed by atoms with Gasteiger partial charge in [-0.25, -0.2) is 9.59 Å². The standard InChI is InChI=1S/C34H32O8/c1-39-31-21-7-3-8-22(31)16-26-12-6-14-28(34(26)42-20-30(37)38)18-24-10-4-9-23(32(24)40-2)17-27-13-5-11-25(15-21)33(27)41-19-29(35)36/h3-14H,15-20H2,1-2H3,(H,35,36)(H,37,38). The predicted octanol–water partition coefficient (Wildman–Crippen LogP) is 5.31. The number of hydrogen-bond acceptors (Lipinski definition) is 6. The van der Waals surface area contributed by atoms with Gasteiger partial charge < -0.3 is 29.2 Å². The zero-order valence-corrected chi connectivity index (χ0v) is 23.5. The Bertz CT molecular complexity index is 1420. The number of carboxylic acid groups (broad SMARTS) is 2. The molecule has 0 fully saturated rings. The highest BCUT2D eigenvalue weighted by atomic mass is 16.5. The van der Waals surface area contributed by atoms with Crippen molar-refractivity contribution in [1.82, 2.24) is 0 Å². The molecule has 0 amide bonds. The lowest BCUT2D eigenvalue weighted by atomic mass is 9.91. The number of carboxylic acids is 2. The first kappa shape index (κ1) is 28.5. The van der Waals surface area contributed by atoms with Gasteiger partial charge in [-0.1, -0.05) is 72.8 Å². The maximum atomic E-state index is 11.5. The average Bonchev–Trinajstić information content (AvgIpc) is 2.96. The molecule has 216 valence electrons. The molecule has 42 heavy (non-hydrogen) atoms. The summed E-state index contributed by atoms with van der Waals surface area (Å²) in [4.78, 5) is 23.0. The van der Waals surface area contributed by atoms with Gasteiger partial charge in [0.25, 0.3) is 0 Å². The van der Waals surface area contributed by atoms with E-state index in [4.69, 9.17) is 18.9 Å². The number of benzene rings is 4. The van der Waals surface area contributed by atoms with Crippen molar-refractivity contribution in [2.45, 2.75) is 25.7 Å². The summed E-state index contributed by atoms with van der Waals surface area (Å²) in [5.74, 6) is 0.336.